The average Bonchev–Trinajstić information content (AvgIpc) is 2.03. The van der Waals surface area contributed by atoms with Gasteiger partial charge in [0.15, 0.2) is 5.12 Å². The lowest BCUT2D eigenvalue weighted by Gasteiger charge is -2.18. The predicted octanol–water partition coefficient (Wildman–Crippen LogP) is 2.31. The maximum atomic E-state index is 11.5. The minimum atomic E-state index is -0.582. The van der Waals surface area contributed by atoms with Gasteiger partial charge >= 0.3 is 0 Å². The molecule has 0 aromatic carbocycles. The summed E-state index contributed by atoms with van der Waals surface area (Å²) in [5.41, 5.74) is -0.582. The van der Waals surface area contributed by atoms with Crippen LogP contribution in [0.25, 0.3) is 0 Å². The van der Waals surface area contributed by atoms with Gasteiger partial charge in [0.25, 0.3) is 0 Å². The molecule has 2 nitrogen and oxygen atoms in total. The average molecular weight is 204 g/mol. The summed E-state index contributed by atoms with van der Waals surface area (Å²) in [7, 11) is 0. The summed E-state index contributed by atoms with van der Waals surface area (Å²) in [5, 5.41) is 9.03. The fourth-order valence-electron chi connectivity index (χ4n) is 0.647. The number of carbonyl (C=O) groups excluding carboxylic acids is 1. The molecule has 0 aromatic rings. The number of thioether (sulfide) groups is 1. The Morgan fingerprint density at radius 2 is 2.00 bits per heavy atom. The zero-order chi connectivity index (χ0) is 10.5. The molecule has 0 rings (SSSR count). The molecule has 0 fully saturated rings. The van der Waals surface area contributed by atoms with E-state index in [0.717, 1.165) is 12.2 Å². The van der Waals surface area contributed by atoms with Crippen molar-refractivity contribution in [2.24, 2.45) is 11.3 Å². The first-order chi connectivity index (χ1) is 5.90. The van der Waals surface area contributed by atoms with E-state index in [2.05, 4.69) is 13.8 Å². The molecule has 13 heavy (non-hydrogen) atoms. The number of aliphatic hydroxyl groups is 1. The van der Waals surface area contributed by atoms with E-state index in [0.29, 0.717) is 5.92 Å². The zero-order valence-electron chi connectivity index (χ0n) is 8.96. The van der Waals surface area contributed by atoms with Crippen molar-refractivity contribution in [2.75, 3.05) is 12.4 Å². The van der Waals surface area contributed by atoms with Crippen LogP contribution in [0.2, 0.25) is 0 Å². The fourth-order valence-corrected chi connectivity index (χ4v) is 1.88. The smallest absolute Gasteiger partial charge is 0.196 e. The van der Waals surface area contributed by atoms with E-state index in [-0.39, 0.29) is 11.7 Å². The highest BCUT2D eigenvalue weighted by atomic mass is 32.2. The Bertz CT molecular complexity index is 164. The molecular formula is C10H20O2S. The third-order valence-corrected chi connectivity index (χ3v) is 3.13. The molecule has 0 aliphatic rings. The van der Waals surface area contributed by atoms with Gasteiger partial charge in [0.2, 0.25) is 0 Å². The van der Waals surface area contributed by atoms with Crippen LogP contribution >= 0.6 is 11.8 Å². The third kappa shape index (κ3) is 5.32. The van der Waals surface area contributed by atoms with E-state index in [4.69, 9.17) is 5.11 Å². The van der Waals surface area contributed by atoms with Crippen LogP contribution in [0, 0.1) is 11.3 Å². The van der Waals surface area contributed by atoms with Crippen molar-refractivity contribution in [1.29, 1.82) is 0 Å². The van der Waals surface area contributed by atoms with Crippen molar-refractivity contribution in [3.63, 3.8) is 0 Å². The number of hydrogen-bond donors (Lipinski definition) is 1. The second kappa shape index (κ2) is 5.66. The van der Waals surface area contributed by atoms with Gasteiger partial charge in [-0.15, -0.1) is 0 Å². The first-order valence-corrected chi connectivity index (χ1v) is 5.67. The molecule has 0 amide bonds. The Labute approximate surface area is 85.1 Å². The standard InChI is InChI=1S/C10H20O2S/c1-8(2)5-6-13-9(12)10(3,4)7-11/h8,11H,5-7H2,1-4H3. The molecule has 0 bridgehead atoms. The molecule has 3 heteroatoms. The third-order valence-electron chi connectivity index (χ3n) is 1.88. The number of rotatable bonds is 5. The van der Waals surface area contributed by atoms with Gasteiger partial charge in [-0.1, -0.05) is 25.6 Å². The highest BCUT2D eigenvalue weighted by Crippen LogP contribution is 2.24. The molecule has 0 saturated heterocycles. The van der Waals surface area contributed by atoms with Crippen LogP contribution < -0.4 is 0 Å². The lowest BCUT2D eigenvalue weighted by atomic mass is 9.97. The topological polar surface area (TPSA) is 37.3 Å². The molecule has 0 spiro atoms. The molecule has 0 aliphatic carbocycles. The fraction of sp³-hybridized carbons (Fsp3) is 0.900. The predicted molar refractivity (Wildman–Crippen MR) is 57.8 cm³/mol. The van der Waals surface area contributed by atoms with Gasteiger partial charge in [0, 0.05) is 5.75 Å². The Balaban J connectivity index is 3.75. The quantitative estimate of drug-likeness (QED) is 0.746. The van der Waals surface area contributed by atoms with E-state index in [9.17, 15) is 4.79 Å². The Hall–Kier alpha value is -0.0200. The number of hydrogen-bond acceptors (Lipinski definition) is 3. The molecule has 0 saturated carbocycles. The number of aliphatic hydroxyl groups excluding tert-OH is 1. The largest absolute Gasteiger partial charge is 0.395 e. The van der Waals surface area contributed by atoms with Gasteiger partial charge in [0.1, 0.15) is 0 Å². The van der Waals surface area contributed by atoms with E-state index in [1.165, 1.54) is 11.8 Å². The summed E-state index contributed by atoms with van der Waals surface area (Å²) in [6, 6.07) is 0. The van der Waals surface area contributed by atoms with Crippen LogP contribution in [-0.4, -0.2) is 22.6 Å². The zero-order valence-corrected chi connectivity index (χ0v) is 9.78. The van der Waals surface area contributed by atoms with Crippen LogP contribution in [0.1, 0.15) is 34.1 Å². The molecule has 0 unspecified atom stereocenters. The Morgan fingerprint density at radius 3 is 2.38 bits per heavy atom. The van der Waals surface area contributed by atoms with E-state index in [1.54, 1.807) is 13.8 Å². The van der Waals surface area contributed by atoms with Gasteiger partial charge in [-0.25, -0.2) is 0 Å². The van der Waals surface area contributed by atoms with Gasteiger partial charge in [-0.05, 0) is 26.2 Å². The minimum absolute atomic E-state index is 0.0689. The molecule has 1 N–H and O–H groups in total. The summed E-state index contributed by atoms with van der Waals surface area (Å²) < 4.78 is 0. The second-order valence-corrected chi connectivity index (χ2v) is 5.43. The van der Waals surface area contributed by atoms with Crippen molar-refractivity contribution in [3.05, 3.63) is 0 Å². The van der Waals surface area contributed by atoms with E-state index < -0.39 is 5.41 Å². The minimum Gasteiger partial charge on any atom is -0.395 e. The highest BCUT2D eigenvalue weighted by molar-refractivity contribution is 8.13. The van der Waals surface area contributed by atoms with Crippen molar-refractivity contribution < 1.29 is 9.90 Å². The van der Waals surface area contributed by atoms with Crippen LogP contribution in [0.5, 0.6) is 0 Å². The second-order valence-electron chi connectivity index (χ2n) is 4.36. The lowest BCUT2D eigenvalue weighted by molar-refractivity contribution is -0.119. The van der Waals surface area contributed by atoms with Crippen molar-refractivity contribution in [2.45, 2.75) is 34.1 Å². The Kier molecular flexibility index (Phi) is 5.65. The highest BCUT2D eigenvalue weighted by Gasteiger charge is 2.26. The van der Waals surface area contributed by atoms with Gasteiger partial charge in [-0.3, -0.25) is 4.79 Å². The molecule has 78 valence electrons. The summed E-state index contributed by atoms with van der Waals surface area (Å²) in [5.74, 6) is 1.50. The van der Waals surface area contributed by atoms with Crippen LogP contribution in [0.3, 0.4) is 0 Å². The Morgan fingerprint density at radius 1 is 1.46 bits per heavy atom. The van der Waals surface area contributed by atoms with Crippen molar-refractivity contribution >= 4 is 16.9 Å². The van der Waals surface area contributed by atoms with Gasteiger partial charge in [-0.2, -0.15) is 0 Å². The first kappa shape index (κ1) is 13.0. The normalized spacial score (nSPS) is 12.2. The monoisotopic (exact) mass is 204 g/mol. The van der Waals surface area contributed by atoms with Crippen LogP contribution in [0.15, 0.2) is 0 Å². The summed E-state index contributed by atoms with van der Waals surface area (Å²) in [6.07, 6.45) is 1.05. The van der Waals surface area contributed by atoms with Crippen LogP contribution in [0.4, 0.5) is 0 Å². The summed E-state index contributed by atoms with van der Waals surface area (Å²) in [4.78, 5) is 11.5. The lowest BCUT2D eigenvalue weighted by Crippen LogP contribution is -2.25. The first-order valence-electron chi connectivity index (χ1n) is 4.68. The van der Waals surface area contributed by atoms with Crippen molar-refractivity contribution in [3.8, 4) is 0 Å². The molecule has 0 aliphatic heterocycles. The van der Waals surface area contributed by atoms with Crippen molar-refractivity contribution in [1.82, 2.24) is 0 Å². The van der Waals surface area contributed by atoms with Crippen LogP contribution in [-0.2, 0) is 4.79 Å². The van der Waals surface area contributed by atoms with Gasteiger partial charge < -0.3 is 5.11 Å². The summed E-state index contributed by atoms with van der Waals surface area (Å²) in [6.45, 7) is 7.76. The molecule has 0 atom stereocenters. The van der Waals surface area contributed by atoms with Gasteiger partial charge in [0.05, 0.1) is 12.0 Å². The SMILES string of the molecule is CC(C)CCSC(=O)C(C)(C)CO. The molecule has 0 radical (unpaired) electrons. The maximum Gasteiger partial charge on any atom is 0.196 e. The summed E-state index contributed by atoms with van der Waals surface area (Å²) >= 11 is 1.34. The molecule has 0 aromatic heterocycles. The molecular weight excluding hydrogens is 184 g/mol. The van der Waals surface area contributed by atoms with E-state index >= 15 is 0 Å². The van der Waals surface area contributed by atoms with E-state index in [1.807, 2.05) is 0 Å². The number of carbonyl (C=O) groups is 1. The maximum absolute atomic E-state index is 11.5. The molecule has 0 heterocycles.